The lowest BCUT2D eigenvalue weighted by molar-refractivity contribution is -0.131. The number of thiazole rings is 1. The summed E-state index contributed by atoms with van der Waals surface area (Å²) < 4.78 is 4.90. The van der Waals surface area contributed by atoms with E-state index in [1.807, 2.05) is 12.3 Å². The number of carbonyl (C=O) groups excluding carboxylic acids is 2. The molecule has 0 radical (unpaired) electrons. The minimum Gasteiger partial charge on any atom is -0.427 e. The smallest absolute Gasteiger partial charge is 0.308 e. The van der Waals surface area contributed by atoms with Crippen LogP contribution in [0.25, 0.3) is 0 Å². The molecule has 1 aromatic carbocycles. The number of rotatable bonds is 4. The molecule has 2 rings (SSSR count). The van der Waals surface area contributed by atoms with Crippen molar-refractivity contribution in [1.29, 1.82) is 0 Å². The highest BCUT2D eigenvalue weighted by atomic mass is 32.1. The van der Waals surface area contributed by atoms with Crippen LogP contribution in [-0.4, -0.2) is 16.9 Å². The average molecular weight is 290 g/mol. The van der Waals surface area contributed by atoms with E-state index in [9.17, 15) is 9.59 Å². The number of nitrogens with zero attached hydrogens (tertiary/aromatic N) is 1. The van der Waals surface area contributed by atoms with Crippen LogP contribution in [0.1, 0.15) is 28.0 Å². The van der Waals surface area contributed by atoms with Crippen LogP contribution in [0.2, 0.25) is 0 Å². The Labute approximate surface area is 120 Å². The molecule has 20 heavy (non-hydrogen) atoms. The summed E-state index contributed by atoms with van der Waals surface area (Å²) >= 11 is 1.55. The van der Waals surface area contributed by atoms with Crippen molar-refractivity contribution in [3.8, 4) is 5.75 Å². The van der Waals surface area contributed by atoms with E-state index in [-0.39, 0.29) is 11.9 Å². The molecule has 104 valence electrons. The van der Waals surface area contributed by atoms with Crippen LogP contribution in [0.3, 0.4) is 0 Å². The number of aryl methyl sites for hydroxylation is 1. The van der Waals surface area contributed by atoms with Gasteiger partial charge in [-0.2, -0.15) is 0 Å². The highest BCUT2D eigenvalue weighted by Gasteiger charge is 2.07. The van der Waals surface area contributed by atoms with Crippen LogP contribution in [0, 0.1) is 6.92 Å². The first kappa shape index (κ1) is 14.2. The monoisotopic (exact) mass is 290 g/mol. The minimum atomic E-state index is -0.388. The maximum absolute atomic E-state index is 11.9. The van der Waals surface area contributed by atoms with E-state index in [0.717, 1.165) is 10.7 Å². The molecule has 0 spiro atoms. The van der Waals surface area contributed by atoms with E-state index in [0.29, 0.717) is 17.9 Å². The fourth-order valence-electron chi connectivity index (χ4n) is 1.60. The molecule has 0 atom stereocenters. The molecule has 5 nitrogen and oxygen atoms in total. The van der Waals surface area contributed by atoms with Gasteiger partial charge in [0, 0.05) is 17.9 Å². The Bertz CT molecular complexity index is 620. The van der Waals surface area contributed by atoms with Gasteiger partial charge in [0.25, 0.3) is 5.91 Å². The molecule has 0 bridgehead atoms. The second-order valence-electron chi connectivity index (χ2n) is 4.16. The standard InChI is InChI=1S/C14H14N2O3S/c1-9-16-12(8-20-9)7-15-14(18)11-3-5-13(6-4-11)19-10(2)17/h3-6,8H,7H2,1-2H3,(H,15,18). The SMILES string of the molecule is CC(=O)Oc1ccc(C(=O)NCc2csc(C)n2)cc1. The van der Waals surface area contributed by atoms with Gasteiger partial charge >= 0.3 is 5.97 Å². The van der Waals surface area contributed by atoms with Crippen molar-refractivity contribution in [1.82, 2.24) is 10.3 Å². The third-order valence-electron chi connectivity index (χ3n) is 2.47. The number of hydrogen-bond donors (Lipinski definition) is 1. The zero-order chi connectivity index (χ0) is 14.5. The van der Waals surface area contributed by atoms with Crippen LogP contribution in [0.5, 0.6) is 5.75 Å². The van der Waals surface area contributed by atoms with Crippen LogP contribution in [0.4, 0.5) is 0 Å². The van der Waals surface area contributed by atoms with E-state index < -0.39 is 0 Å². The number of hydrogen-bond acceptors (Lipinski definition) is 5. The van der Waals surface area contributed by atoms with Crippen LogP contribution in [-0.2, 0) is 11.3 Å². The molecule has 0 aliphatic heterocycles. The summed E-state index contributed by atoms with van der Waals surface area (Å²) in [5.41, 5.74) is 1.35. The molecule has 0 aliphatic carbocycles. The third-order valence-corrected chi connectivity index (χ3v) is 3.30. The average Bonchev–Trinajstić information content (AvgIpc) is 2.82. The predicted molar refractivity (Wildman–Crippen MR) is 75.8 cm³/mol. The van der Waals surface area contributed by atoms with Gasteiger partial charge in [-0.1, -0.05) is 0 Å². The van der Waals surface area contributed by atoms with Gasteiger partial charge in [0.2, 0.25) is 0 Å². The lowest BCUT2D eigenvalue weighted by Crippen LogP contribution is -2.22. The number of benzene rings is 1. The Hall–Kier alpha value is -2.21. The Balaban J connectivity index is 1.93. The fraction of sp³-hybridized carbons (Fsp3) is 0.214. The lowest BCUT2D eigenvalue weighted by Gasteiger charge is -2.05. The minimum absolute atomic E-state index is 0.190. The van der Waals surface area contributed by atoms with Gasteiger partial charge < -0.3 is 10.1 Å². The van der Waals surface area contributed by atoms with E-state index >= 15 is 0 Å². The Morgan fingerprint density at radius 3 is 2.55 bits per heavy atom. The van der Waals surface area contributed by atoms with Gasteiger partial charge in [-0.05, 0) is 31.2 Å². The molecule has 2 aromatic rings. The summed E-state index contributed by atoms with van der Waals surface area (Å²) in [4.78, 5) is 27.0. The number of carbonyl (C=O) groups is 2. The van der Waals surface area contributed by atoms with Gasteiger partial charge in [-0.15, -0.1) is 11.3 Å². The van der Waals surface area contributed by atoms with Crippen LogP contribution < -0.4 is 10.1 Å². The van der Waals surface area contributed by atoms with Gasteiger partial charge in [-0.3, -0.25) is 9.59 Å². The number of nitrogens with one attached hydrogen (secondary N) is 1. The largest absolute Gasteiger partial charge is 0.427 e. The maximum atomic E-state index is 11.9. The fourth-order valence-corrected chi connectivity index (χ4v) is 2.22. The summed E-state index contributed by atoms with van der Waals surface area (Å²) in [5, 5.41) is 5.67. The number of esters is 1. The first-order chi connectivity index (χ1) is 9.54. The molecule has 6 heteroatoms. The van der Waals surface area contributed by atoms with Crippen LogP contribution >= 0.6 is 11.3 Å². The Morgan fingerprint density at radius 2 is 2.00 bits per heavy atom. The van der Waals surface area contributed by atoms with E-state index in [4.69, 9.17) is 4.74 Å². The summed E-state index contributed by atoms with van der Waals surface area (Å²) in [7, 11) is 0. The number of amides is 1. The lowest BCUT2D eigenvalue weighted by atomic mass is 10.2. The second kappa shape index (κ2) is 6.29. The van der Waals surface area contributed by atoms with Gasteiger partial charge in [0.05, 0.1) is 17.2 Å². The topological polar surface area (TPSA) is 68.3 Å². The van der Waals surface area contributed by atoms with Gasteiger partial charge in [0.15, 0.2) is 0 Å². The first-order valence-electron chi connectivity index (χ1n) is 6.02. The molecule has 0 unspecified atom stereocenters. The van der Waals surface area contributed by atoms with E-state index in [1.54, 1.807) is 35.6 Å². The van der Waals surface area contributed by atoms with Crippen molar-refractivity contribution in [2.75, 3.05) is 0 Å². The number of ether oxygens (including phenoxy) is 1. The van der Waals surface area contributed by atoms with Crippen molar-refractivity contribution < 1.29 is 14.3 Å². The molecule has 1 N–H and O–H groups in total. The number of aromatic nitrogens is 1. The first-order valence-corrected chi connectivity index (χ1v) is 6.90. The molecule has 1 amide bonds. The molecule has 0 saturated heterocycles. The summed E-state index contributed by atoms with van der Waals surface area (Å²) in [6, 6.07) is 6.40. The van der Waals surface area contributed by atoms with Gasteiger partial charge in [0.1, 0.15) is 5.75 Å². The highest BCUT2D eigenvalue weighted by Crippen LogP contribution is 2.13. The molecule has 1 heterocycles. The highest BCUT2D eigenvalue weighted by molar-refractivity contribution is 7.09. The van der Waals surface area contributed by atoms with Crippen molar-refractivity contribution in [3.63, 3.8) is 0 Å². The zero-order valence-corrected chi connectivity index (χ0v) is 12.0. The van der Waals surface area contributed by atoms with E-state index in [1.165, 1.54) is 6.92 Å². The van der Waals surface area contributed by atoms with Crippen molar-refractivity contribution in [2.24, 2.45) is 0 Å². The molecule has 0 saturated carbocycles. The summed E-state index contributed by atoms with van der Waals surface area (Å²) in [5.74, 6) is -0.157. The quantitative estimate of drug-likeness (QED) is 0.693. The van der Waals surface area contributed by atoms with Gasteiger partial charge in [-0.25, -0.2) is 4.98 Å². The second-order valence-corrected chi connectivity index (χ2v) is 5.22. The molecule has 0 aliphatic rings. The zero-order valence-electron chi connectivity index (χ0n) is 11.2. The molecule has 1 aromatic heterocycles. The Morgan fingerprint density at radius 1 is 1.30 bits per heavy atom. The van der Waals surface area contributed by atoms with Crippen LogP contribution in [0.15, 0.2) is 29.6 Å². The maximum Gasteiger partial charge on any atom is 0.308 e. The van der Waals surface area contributed by atoms with Crippen molar-refractivity contribution >= 4 is 23.2 Å². The summed E-state index contributed by atoms with van der Waals surface area (Å²) in [6.45, 7) is 3.65. The molecule has 0 fully saturated rings. The van der Waals surface area contributed by atoms with E-state index in [2.05, 4.69) is 10.3 Å². The molecular weight excluding hydrogens is 276 g/mol. The van der Waals surface area contributed by atoms with Crippen molar-refractivity contribution in [2.45, 2.75) is 20.4 Å². The van der Waals surface area contributed by atoms with Crippen molar-refractivity contribution in [3.05, 3.63) is 45.9 Å². The predicted octanol–water partition coefficient (Wildman–Crippen LogP) is 2.31. The normalized spacial score (nSPS) is 10.1. The summed E-state index contributed by atoms with van der Waals surface area (Å²) in [6.07, 6.45) is 0. The third kappa shape index (κ3) is 3.89. The molecular formula is C14H14N2O3S. The Kier molecular flexibility index (Phi) is 4.47.